The number of nitrogens with one attached hydrogen (secondary N) is 1. The molecule has 1 aliphatic rings. The van der Waals surface area contributed by atoms with Gasteiger partial charge in [0.15, 0.2) is 11.6 Å². The fraction of sp³-hybridized carbons (Fsp3) is 0.278. The first-order chi connectivity index (χ1) is 13.3. The molecule has 1 N–H and O–H groups in total. The van der Waals surface area contributed by atoms with Crippen LogP contribution in [0.4, 0.5) is 14.5 Å². The number of amides is 1. The second kappa shape index (κ2) is 8.52. The van der Waals surface area contributed by atoms with Gasteiger partial charge < -0.3 is 5.32 Å². The highest BCUT2D eigenvalue weighted by Crippen LogP contribution is 2.20. The average Bonchev–Trinajstić information content (AvgIpc) is 2.65. The van der Waals surface area contributed by atoms with E-state index in [1.165, 1.54) is 34.6 Å². The summed E-state index contributed by atoms with van der Waals surface area (Å²) >= 11 is 5.80. The number of carbonyl (C=O) groups excluding carboxylic acids is 1. The van der Waals surface area contributed by atoms with Gasteiger partial charge in [-0.15, -0.1) is 0 Å². The minimum Gasteiger partial charge on any atom is -0.325 e. The predicted molar refractivity (Wildman–Crippen MR) is 102 cm³/mol. The van der Waals surface area contributed by atoms with Crippen molar-refractivity contribution in [2.45, 2.75) is 4.90 Å². The van der Waals surface area contributed by atoms with E-state index in [0.29, 0.717) is 18.1 Å². The van der Waals surface area contributed by atoms with E-state index in [2.05, 4.69) is 5.32 Å². The van der Waals surface area contributed by atoms with Crippen LogP contribution in [-0.2, 0) is 14.8 Å². The highest BCUT2D eigenvalue weighted by Gasteiger charge is 2.29. The highest BCUT2D eigenvalue weighted by molar-refractivity contribution is 7.89. The standard InChI is InChI=1S/C18H18ClF2N3O3S/c19-13-1-4-15(5-2-13)28(26,27)24-9-7-23(8-10-24)12-18(25)22-14-3-6-16(20)17(21)11-14/h1-6,11H,7-10,12H2,(H,22,25). The van der Waals surface area contributed by atoms with Gasteiger partial charge in [0.2, 0.25) is 15.9 Å². The van der Waals surface area contributed by atoms with E-state index >= 15 is 0 Å². The van der Waals surface area contributed by atoms with E-state index in [1.54, 1.807) is 4.90 Å². The molecule has 150 valence electrons. The van der Waals surface area contributed by atoms with Gasteiger partial charge in [-0.3, -0.25) is 9.69 Å². The minimum atomic E-state index is -3.62. The van der Waals surface area contributed by atoms with Crippen LogP contribution in [0.15, 0.2) is 47.4 Å². The Labute approximate surface area is 166 Å². The normalized spacial score (nSPS) is 16.1. The van der Waals surface area contributed by atoms with Gasteiger partial charge in [-0.25, -0.2) is 17.2 Å². The van der Waals surface area contributed by atoms with Crippen LogP contribution in [0.25, 0.3) is 0 Å². The molecule has 10 heteroatoms. The molecule has 0 spiro atoms. The third-order valence-corrected chi connectivity index (χ3v) is 6.52. The van der Waals surface area contributed by atoms with Gasteiger partial charge >= 0.3 is 0 Å². The van der Waals surface area contributed by atoms with E-state index in [0.717, 1.165) is 12.1 Å². The van der Waals surface area contributed by atoms with E-state index < -0.39 is 21.7 Å². The Morgan fingerprint density at radius 1 is 1.00 bits per heavy atom. The van der Waals surface area contributed by atoms with Gasteiger partial charge in [-0.05, 0) is 36.4 Å². The Morgan fingerprint density at radius 2 is 1.64 bits per heavy atom. The van der Waals surface area contributed by atoms with E-state index in [9.17, 15) is 22.0 Å². The molecule has 1 amide bonds. The molecule has 2 aromatic carbocycles. The van der Waals surface area contributed by atoms with Crippen molar-refractivity contribution in [3.8, 4) is 0 Å². The second-order valence-electron chi connectivity index (χ2n) is 6.31. The van der Waals surface area contributed by atoms with Crippen LogP contribution in [0.1, 0.15) is 0 Å². The van der Waals surface area contributed by atoms with E-state index in [-0.39, 0.29) is 36.1 Å². The molecule has 0 atom stereocenters. The van der Waals surface area contributed by atoms with Crippen molar-refractivity contribution in [3.05, 3.63) is 59.1 Å². The number of nitrogens with zero attached hydrogens (tertiary/aromatic N) is 2. The van der Waals surface area contributed by atoms with E-state index in [4.69, 9.17) is 11.6 Å². The first-order valence-electron chi connectivity index (χ1n) is 8.49. The lowest BCUT2D eigenvalue weighted by Gasteiger charge is -2.33. The van der Waals surface area contributed by atoms with Gasteiger partial charge in [0, 0.05) is 43.0 Å². The van der Waals surface area contributed by atoms with Gasteiger partial charge in [-0.2, -0.15) is 4.31 Å². The fourth-order valence-electron chi connectivity index (χ4n) is 2.86. The number of rotatable bonds is 5. The number of sulfonamides is 1. The molecule has 0 aromatic heterocycles. The van der Waals surface area contributed by atoms with Gasteiger partial charge in [0.05, 0.1) is 11.4 Å². The summed E-state index contributed by atoms with van der Waals surface area (Å²) in [4.78, 5) is 14.1. The lowest BCUT2D eigenvalue weighted by Crippen LogP contribution is -2.50. The monoisotopic (exact) mass is 429 g/mol. The quantitative estimate of drug-likeness (QED) is 0.793. The van der Waals surface area contributed by atoms with Crippen molar-refractivity contribution in [2.75, 3.05) is 38.0 Å². The summed E-state index contributed by atoms with van der Waals surface area (Å²) in [5.41, 5.74) is 0.160. The molecule has 0 saturated carbocycles. The number of anilines is 1. The Bertz CT molecular complexity index is 963. The molecule has 3 rings (SSSR count). The molecule has 28 heavy (non-hydrogen) atoms. The fourth-order valence-corrected chi connectivity index (χ4v) is 4.41. The second-order valence-corrected chi connectivity index (χ2v) is 8.69. The van der Waals surface area contributed by atoms with Crippen molar-refractivity contribution in [3.63, 3.8) is 0 Å². The number of carbonyl (C=O) groups is 1. The first kappa shape index (κ1) is 20.7. The summed E-state index contributed by atoms with van der Waals surface area (Å²) in [6.45, 7) is 1.25. The summed E-state index contributed by atoms with van der Waals surface area (Å²) in [7, 11) is -3.62. The molecule has 2 aromatic rings. The smallest absolute Gasteiger partial charge is 0.243 e. The van der Waals surface area contributed by atoms with Crippen LogP contribution < -0.4 is 5.32 Å². The summed E-state index contributed by atoms with van der Waals surface area (Å²) in [6.07, 6.45) is 0. The zero-order valence-electron chi connectivity index (χ0n) is 14.7. The van der Waals surface area contributed by atoms with Crippen LogP contribution in [0.5, 0.6) is 0 Å². The molecule has 0 bridgehead atoms. The Hall–Kier alpha value is -2.07. The van der Waals surface area contributed by atoms with Crippen molar-refractivity contribution < 1.29 is 22.0 Å². The maximum absolute atomic E-state index is 13.2. The van der Waals surface area contributed by atoms with Gasteiger partial charge in [-0.1, -0.05) is 11.6 Å². The summed E-state index contributed by atoms with van der Waals surface area (Å²) in [5.74, 6) is -2.42. The summed E-state index contributed by atoms with van der Waals surface area (Å²) in [6, 6.07) is 9.07. The van der Waals surface area contributed by atoms with Crippen LogP contribution in [0.3, 0.4) is 0 Å². The van der Waals surface area contributed by atoms with E-state index in [1.807, 2.05) is 0 Å². The summed E-state index contributed by atoms with van der Waals surface area (Å²) < 4.78 is 52.8. The number of hydrogen-bond acceptors (Lipinski definition) is 4. The molecular formula is C18H18ClF2N3O3S. The van der Waals surface area contributed by atoms with Crippen LogP contribution in [-0.4, -0.2) is 56.3 Å². The first-order valence-corrected chi connectivity index (χ1v) is 10.3. The van der Waals surface area contributed by atoms with Crippen molar-refractivity contribution in [2.24, 2.45) is 0 Å². The Balaban J connectivity index is 1.54. The van der Waals surface area contributed by atoms with Crippen LogP contribution in [0, 0.1) is 11.6 Å². The predicted octanol–water partition coefficient (Wildman–Crippen LogP) is 2.56. The average molecular weight is 430 g/mol. The third-order valence-electron chi connectivity index (χ3n) is 4.35. The zero-order chi connectivity index (χ0) is 20.3. The minimum absolute atomic E-state index is 0.0217. The number of halogens is 3. The molecule has 1 heterocycles. The third kappa shape index (κ3) is 4.85. The SMILES string of the molecule is O=C(CN1CCN(S(=O)(=O)c2ccc(Cl)cc2)CC1)Nc1ccc(F)c(F)c1. The van der Waals surface area contributed by atoms with Gasteiger partial charge in [0.1, 0.15) is 0 Å². The number of hydrogen-bond donors (Lipinski definition) is 1. The van der Waals surface area contributed by atoms with Crippen molar-refractivity contribution >= 4 is 33.2 Å². The largest absolute Gasteiger partial charge is 0.325 e. The highest BCUT2D eigenvalue weighted by atomic mass is 35.5. The number of piperazine rings is 1. The Morgan fingerprint density at radius 3 is 2.25 bits per heavy atom. The maximum Gasteiger partial charge on any atom is 0.243 e. The number of benzene rings is 2. The maximum atomic E-state index is 13.2. The molecule has 0 unspecified atom stereocenters. The van der Waals surface area contributed by atoms with Crippen LogP contribution in [0.2, 0.25) is 5.02 Å². The van der Waals surface area contributed by atoms with Crippen LogP contribution >= 0.6 is 11.6 Å². The lowest BCUT2D eigenvalue weighted by molar-refractivity contribution is -0.117. The summed E-state index contributed by atoms with van der Waals surface area (Å²) in [5, 5.41) is 2.95. The Kier molecular flexibility index (Phi) is 6.29. The molecule has 1 fully saturated rings. The molecule has 6 nitrogen and oxygen atoms in total. The lowest BCUT2D eigenvalue weighted by atomic mass is 10.3. The zero-order valence-corrected chi connectivity index (χ0v) is 16.3. The topological polar surface area (TPSA) is 69.7 Å². The molecular weight excluding hydrogens is 412 g/mol. The molecule has 1 saturated heterocycles. The molecule has 0 aliphatic carbocycles. The van der Waals surface area contributed by atoms with Crippen molar-refractivity contribution in [1.29, 1.82) is 0 Å². The molecule has 1 aliphatic heterocycles. The van der Waals surface area contributed by atoms with Gasteiger partial charge in [0.25, 0.3) is 0 Å². The van der Waals surface area contributed by atoms with Crippen molar-refractivity contribution in [1.82, 2.24) is 9.21 Å². The molecule has 0 radical (unpaired) electrons.